The summed E-state index contributed by atoms with van der Waals surface area (Å²) in [6.45, 7) is 0. The molecule has 118 valence electrons. The second-order valence-corrected chi connectivity index (χ2v) is 5.99. The predicted molar refractivity (Wildman–Crippen MR) is 84.1 cm³/mol. The Labute approximate surface area is 147 Å². The number of halogens is 8. The van der Waals surface area contributed by atoms with E-state index in [9.17, 15) is 13.2 Å². The Morgan fingerprint density at radius 3 is 1.77 bits per heavy atom. The Morgan fingerprint density at radius 2 is 1.32 bits per heavy atom. The molecule has 10 heteroatoms. The first-order chi connectivity index (χ1) is 10.1. The molecule has 0 saturated carbocycles. The molecule has 0 aliphatic rings. The lowest BCUT2D eigenvalue weighted by molar-refractivity contribution is -0.137. The van der Waals surface area contributed by atoms with Gasteiger partial charge in [-0.05, 0) is 6.07 Å². The zero-order chi connectivity index (χ0) is 16.8. The molecule has 1 aromatic carbocycles. The van der Waals surface area contributed by atoms with Crippen LogP contribution in [0.15, 0.2) is 12.3 Å². The summed E-state index contributed by atoms with van der Waals surface area (Å²) in [5.74, 6) is -0.672. The molecule has 0 aliphatic carbocycles. The van der Waals surface area contributed by atoms with Gasteiger partial charge in [0.25, 0.3) is 0 Å². The predicted octanol–water partition coefficient (Wildman–Crippen LogP) is 6.62. The Bertz CT molecular complexity index is 732. The van der Waals surface area contributed by atoms with Crippen LogP contribution in [0.25, 0.3) is 11.1 Å². The molecule has 2 nitrogen and oxygen atoms in total. The summed E-state index contributed by atoms with van der Waals surface area (Å²) in [6.07, 6.45) is -3.61. The molecule has 0 fully saturated rings. The number of hydrogen-bond acceptors (Lipinski definition) is 2. The number of hydrogen-bond donors (Lipinski definition) is 1. The van der Waals surface area contributed by atoms with Crippen molar-refractivity contribution in [2.45, 2.75) is 6.18 Å². The fraction of sp³-hybridized carbons (Fsp3) is 0.0833. The lowest BCUT2D eigenvalue weighted by atomic mass is 10.0. The van der Waals surface area contributed by atoms with Gasteiger partial charge in [-0.3, -0.25) is 0 Å². The summed E-state index contributed by atoms with van der Waals surface area (Å²) in [7, 11) is 0. The molecule has 0 atom stereocenters. The van der Waals surface area contributed by atoms with Crippen molar-refractivity contribution in [1.29, 1.82) is 0 Å². The third-order valence-electron chi connectivity index (χ3n) is 2.72. The molecule has 0 amide bonds. The molecule has 1 heterocycles. The van der Waals surface area contributed by atoms with Crippen molar-refractivity contribution < 1.29 is 13.2 Å². The zero-order valence-electron chi connectivity index (χ0n) is 10.2. The second-order valence-electron chi connectivity index (χ2n) is 4.10. The van der Waals surface area contributed by atoms with Gasteiger partial charge in [-0.1, -0.05) is 58.0 Å². The first kappa shape index (κ1) is 17.8. The van der Waals surface area contributed by atoms with Crippen LogP contribution >= 0.6 is 58.0 Å². The molecule has 0 unspecified atom stereocenters. The number of aromatic nitrogens is 1. The topological polar surface area (TPSA) is 38.9 Å². The monoisotopic (exact) mass is 408 g/mol. The largest absolute Gasteiger partial charge is 0.419 e. The molecular formula is C12H4Cl5F3N2. The van der Waals surface area contributed by atoms with E-state index in [0.29, 0.717) is 0 Å². The van der Waals surface area contributed by atoms with E-state index in [-0.39, 0.29) is 36.2 Å². The molecule has 0 aliphatic heterocycles. The van der Waals surface area contributed by atoms with Crippen LogP contribution in [0.1, 0.15) is 5.56 Å². The summed E-state index contributed by atoms with van der Waals surface area (Å²) in [4.78, 5) is 3.51. The standard InChI is InChI=1S/C12H4Cl5F3N2/c13-6-5(7(14)9(16)10(17)8(6)15)3-1-4(12(18,19)20)11(21)22-2-3/h1-2H,(H2,21,22). The van der Waals surface area contributed by atoms with Gasteiger partial charge < -0.3 is 5.73 Å². The van der Waals surface area contributed by atoms with E-state index in [1.807, 2.05) is 0 Å². The van der Waals surface area contributed by atoms with Gasteiger partial charge in [-0.15, -0.1) is 0 Å². The van der Waals surface area contributed by atoms with Crippen LogP contribution in [-0.4, -0.2) is 4.98 Å². The number of anilines is 1. The highest BCUT2D eigenvalue weighted by molar-refractivity contribution is 6.56. The van der Waals surface area contributed by atoms with E-state index in [1.165, 1.54) is 0 Å². The second kappa shape index (κ2) is 6.13. The van der Waals surface area contributed by atoms with Crippen molar-refractivity contribution in [3.05, 3.63) is 42.9 Å². The van der Waals surface area contributed by atoms with Crippen LogP contribution < -0.4 is 5.73 Å². The lowest BCUT2D eigenvalue weighted by Gasteiger charge is -2.15. The minimum atomic E-state index is -4.69. The number of rotatable bonds is 1. The van der Waals surface area contributed by atoms with E-state index in [1.54, 1.807) is 0 Å². The molecule has 0 bridgehead atoms. The van der Waals surface area contributed by atoms with Crippen molar-refractivity contribution in [2.75, 3.05) is 5.73 Å². The van der Waals surface area contributed by atoms with Gasteiger partial charge in [0.15, 0.2) is 0 Å². The molecule has 0 radical (unpaired) electrons. The quantitative estimate of drug-likeness (QED) is 0.424. The number of nitrogens with two attached hydrogens (primary N) is 1. The molecule has 2 aromatic rings. The van der Waals surface area contributed by atoms with E-state index in [4.69, 9.17) is 63.7 Å². The summed E-state index contributed by atoms with van der Waals surface area (Å²) >= 11 is 29.7. The van der Waals surface area contributed by atoms with Gasteiger partial charge in [0.05, 0.1) is 30.7 Å². The smallest absolute Gasteiger partial charge is 0.383 e. The van der Waals surface area contributed by atoms with Crippen molar-refractivity contribution in [3.63, 3.8) is 0 Å². The molecule has 2 rings (SSSR count). The highest BCUT2D eigenvalue weighted by Gasteiger charge is 2.34. The lowest BCUT2D eigenvalue weighted by Crippen LogP contribution is -2.10. The SMILES string of the molecule is Nc1ncc(-c2c(Cl)c(Cl)c(Cl)c(Cl)c2Cl)cc1C(F)(F)F. The minimum absolute atomic E-state index is 0.0132. The third kappa shape index (κ3) is 3.05. The number of alkyl halides is 3. The van der Waals surface area contributed by atoms with E-state index in [0.717, 1.165) is 12.3 Å². The van der Waals surface area contributed by atoms with Crippen LogP contribution in [0.4, 0.5) is 19.0 Å². The molecule has 2 N–H and O–H groups in total. The van der Waals surface area contributed by atoms with Crippen LogP contribution in [0.3, 0.4) is 0 Å². The van der Waals surface area contributed by atoms with Crippen molar-refractivity contribution in [1.82, 2.24) is 4.98 Å². The molecule has 0 saturated heterocycles. The van der Waals surface area contributed by atoms with Crippen LogP contribution in [0, 0.1) is 0 Å². The maximum absolute atomic E-state index is 12.9. The zero-order valence-corrected chi connectivity index (χ0v) is 14.0. The summed E-state index contributed by atoms with van der Waals surface area (Å²) in [6, 6.07) is 0.760. The van der Waals surface area contributed by atoms with E-state index >= 15 is 0 Å². The Hall–Kier alpha value is -0.590. The molecule has 22 heavy (non-hydrogen) atoms. The Morgan fingerprint density at radius 1 is 0.864 bits per heavy atom. The average Bonchev–Trinajstić information content (AvgIpc) is 2.43. The Balaban J connectivity index is 2.79. The molecule has 0 spiro atoms. The van der Waals surface area contributed by atoms with Gasteiger partial charge in [-0.25, -0.2) is 4.98 Å². The van der Waals surface area contributed by atoms with Gasteiger partial charge in [-0.2, -0.15) is 13.2 Å². The highest BCUT2D eigenvalue weighted by Crippen LogP contribution is 2.48. The maximum Gasteiger partial charge on any atom is 0.419 e. The number of pyridine rings is 1. The van der Waals surface area contributed by atoms with Gasteiger partial charge in [0, 0.05) is 17.3 Å². The summed E-state index contributed by atoms with van der Waals surface area (Å²) in [5.41, 5.74) is 4.06. The number of nitrogen functional groups attached to an aromatic ring is 1. The van der Waals surface area contributed by atoms with Crippen molar-refractivity contribution >= 4 is 63.8 Å². The van der Waals surface area contributed by atoms with Crippen molar-refractivity contribution in [3.8, 4) is 11.1 Å². The van der Waals surface area contributed by atoms with Crippen LogP contribution in [0.5, 0.6) is 0 Å². The van der Waals surface area contributed by atoms with E-state index in [2.05, 4.69) is 4.98 Å². The first-order valence-corrected chi connectivity index (χ1v) is 7.29. The third-order valence-corrected chi connectivity index (χ3v) is 5.00. The molecule has 1 aromatic heterocycles. The Kier molecular flexibility index (Phi) is 4.95. The summed E-state index contributed by atoms with van der Waals surface area (Å²) < 4.78 is 38.7. The van der Waals surface area contributed by atoms with E-state index < -0.39 is 17.6 Å². The van der Waals surface area contributed by atoms with Gasteiger partial charge >= 0.3 is 6.18 Å². The highest BCUT2D eigenvalue weighted by atomic mass is 35.5. The number of benzene rings is 1. The minimum Gasteiger partial charge on any atom is -0.383 e. The van der Waals surface area contributed by atoms with Crippen LogP contribution in [-0.2, 0) is 6.18 Å². The number of nitrogens with zero attached hydrogens (tertiary/aromatic N) is 1. The first-order valence-electron chi connectivity index (χ1n) is 5.40. The molecular weight excluding hydrogens is 406 g/mol. The average molecular weight is 410 g/mol. The summed E-state index contributed by atoms with van der Waals surface area (Å²) in [5, 5.41) is -0.626. The van der Waals surface area contributed by atoms with Crippen molar-refractivity contribution in [2.24, 2.45) is 0 Å². The van der Waals surface area contributed by atoms with Crippen LogP contribution in [0.2, 0.25) is 25.1 Å². The fourth-order valence-corrected chi connectivity index (χ4v) is 3.05. The van der Waals surface area contributed by atoms with Gasteiger partial charge in [0.2, 0.25) is 0 Å². The normalized spacial score (nSPS) is 11.8. The van der Waals surface area contributed by atoms with Gasteiger partial charge in [0.1, 0.15) is 5.82 Å². The fourth-order valence-electron chi connectivity index (χ4n) is 1.70. The maximum atomic E-state index is 12.9.